The molecule has 0 unspecified atom stereocenters. The van der Waals surface area contributed by atoms with Gasteiger partial charge < -0.3 is 10.4 Å². The molecule has 1 aromatic carbocycles. The molecular weight excluding hydrogens is 291 g/mol. The monoisotopic (exact) mass is 300 g/mol. The van der Waals surface area contributed by atoms with E-state index >= 15 is 0 Å². The van der Waals surface area contributed by atoms with E-state index in [1.165, 1.54) is 23.5 Å². The summed E-state index contributed by atoms with van der Waals surface area (Å²) in [4.78, 5) is 14.6. The van der Waals surface area contributed by atoms with Crippen molar-refractivity contribution in [2.45, 2.75) is 12.8 Å². The molecule has 0 spiro atoms. The lowest BCUT2D eigenvalue weighted by atomic mass is 10.2. The van der Waals surface area contributed by atoms with Crippen LogP contribution in [0.15, 0.2) is 23.6 Å². The molecule has 0 radical (unpaired) electrons. The second kappa shape index (κ2) is 5.99. The third-order valence-corrected chi connectivity index (χ3v) is 3.46. The summed E-state index contributed by atoms with van der Waals surface area (Å²) in [5.74, 6) is -1.34. The molecular formula is C12H10ClFN2O2S. The quantitative estimate of drug-likeness (QED) is 0.884. The molecule has 0 atom stereocenters. The normalized spacial score (nSPS) is 10.4. The molecule has 2 rings (SSSR count). The van der Waals surface area contributed by atoms with Crippen LogP contribution in [0, 0.1) is 5.82 Å². The Kier molecular flexibility index (Phi) is 4.34. The molecule has 4 nitrogen and oxygen atoms in total. The van der Waals surface area contributed by atoms with Gasteiger partial charge in [-0.2, -0.15) is 0 Å². The van der Waals surface area contributed by atoms with Crippen LogP contribution in [-0.2, 0) is 11.2 Å². The van der Waals surface area contributed by atoms with Crippen molar-refractivity contribution in [3.8, 4) is 0 Å². The third-order valence-electron chi connectivity index (χ3n) is 2.34. The minimum atomic E-state index is -0.875. The number of thiazole rings is 1. The average Bonchev–Trinajstić information content (AvgIpc) is 2.79. The second-order valence-corrected chi connectivity index (χ2v) is 5.02. The van der Waals surface area contributed by atoms with Crippen LogP contribution in [0.4, 0.5) is 15.2 Å². The van der Waals surface area contributed by atoms with Crippen LogP contribution < -0.4 is 5.32 Å². The fourth-order valence-corrected chi connectivity index (χ4v) is 2.40. The molecule has 0 amide bonds. The highest BCUT2D eigenvalue weighted by Crippen LogP contribution is 2.29. The number of rotatable bonds is 5. The van der Waals surface area contributed by atoms with Crippen LogP contribution >= 0.6 is 22.9 Å². The number of aromatic nitrogens is 1. The molecule has 0 aliphatic carbocycles. The van der Waals surface area contributed by atoms with Gasteiger partial charge in [-0.15, -0.1) is 11.3 Å². The topological polar surface area (TPSA) is 62.2 Å². The van der Waals surface area contributed by atoms with Gasteiger partial charge in [0.25, 0.3) is 0 Å². The summed E-state index contributed by atoms with van der Waals surface area (Å²) in [6.45, 7) is 0. The number of halogens is 2. The van der Waals surface area contributed by atoms with Crippen molar-refractivity contribution >= 4 is 39.7 Å². The molecule has 1 aromatic heterocycles. The molecule has 0 bridgehead atoms. The fraction of sp³-hybridized carbons (Fsp3) is 0.167. The van der Waals surface area contributed by atoms with Crippen LogP contribution in [-0.4, -0.2) is 16.1 Å². The van der Waals surface area contributed by atoms with E-state index in [4.69, 9.17) is 16.7 Å². The van der Waals surface area contributed by atoms with Crippen LogP contribution in [0.3, 0.4) is 0 Å². The first-order valence-electron chi connectivity index (χ1n) is 5.43. The molecule has 7 heteroatoms. The second-order valence-electron chi connectivity index (χ2n) is 3.76. The predicted molar refractivity (Wildman–Crippen MR) is 72.8 cm³/mol. The lowest BCUT2D eigenvalue weighted by molar-refractivity contribution is -0.136. The van der Waals surface area contributed by atoms with Gasteiger partial charge in [0.15, 0.2) is 5.13 Å². The van der Waals surface area contributed by atoms with Crippen molar-refractivity contribution in [2.75, 3.05) is 5.32 Å². The number of nitrogens with zero attached hydrogens (tertiary/aromatic N) is 1. The lowest BCUT2D eigenvalue weighted by Crippen LogP contribution is -1.98. The van der Waals surface area contributed by atoms with Crippen molar-refractivity contribution < 1.29 is 14.3 Å². The van der Waals surface area contributed by atoms with Gasteiger partial charge in [0, 0.05) is 11.8 Å². The molecule has 2 N–H and O–H groups in total. The minimum Gasteiger partial charge on any atom is -0.481 e. The van der Waals surface area contributed by atoms with Crippen LogP contribution in [0.2, 0.25) is 5.02 Å². The number of anilines is 2. The number of carboxylic acid groups (broad SMARTS) is 1. The van der Waals surface area contributed by atoms with E-state index in [1.54, 1.807) is 11.4 Å². The molecule has 0 saturated carbocycles. The first-order valence-corrected chi connectivity index (χ1v) is 6.69. The molecule has 100 valence electrons. The van der Waals surface area contributed by atoms with Gasteiger partial charge in [0.05, 0.1) is 22.8 Å². The summed E-state index contributed by atoms with van der Waals surface area (Å²) in [6.07, 6.45) is 0.363. The number of aliphatic carboxylic acids is 1. The Morgan fingerprint density at radius 3 is 3.00 bits per heavy atom. The zero-order valence-corrected chi connectivity index (χ0v) is 11.3. The van der Waals surface area contributed by atoms with Gasteiger partial charge in [0.1, 0.15) is 5.82 Å². The molecule has 19 heavy (non-hydrogen) atoms. The average molecular weight is 301 g/mol. The van der Waals surface area contributed by atoms with Crippen molar-refractivity contribution in [3.05, 3.63) is 40.1 Å². The smallest absolute Gasteiger partial charge is 0.303 e. The zero-order valence-electron chi connectivity index (χ0n) is 9.69. The number of nitrogens with one attached hydrogen (secondary N) is 1. The summed E-state index contributed by atoms with van der Waals surface area (Å²) < 4.78 is 13.5. The van der Waals surface area contributed by atoms with Gasteiger partial charge in [0.2, 0.25) is 0 Å². The van der Waals surface area contributed by atoms with Crippen molar-refractivity contribution in [1.29, 1.82) is 0 Å². The summed E-state index contributed by atoms with van der Waals surface area (Å²) >= 11 is 7.16. The number of hydrogen-bond donors (Lipinski definition) is 2. The van der Waals surface area contributed by atoms with E-state index in [1.807, 2.05) is 0 Å². The largest absolute Gasteiger partial charge is 0.481 e. The Labute approximate surface area is 117 Å². The predicted octanol–water partition coefficient (Wildman–Crippen LogP) is 3.70. The highest BCUT2D eigenvalue weighted by molar-refractivity contribution is 7.13. The van der Waals surface area contributed by atoms with Gasteiger partial charge in [-0.3, -0.25) is 4.79 Å². The first kappa shape index (κ1) is 13.8. The highest BCUT2D eigenvalue weighted by atomic mass is 35.5. The number of carboxylic acids is 1. The fourth-order valence-electron chi connectivity index (χ4n) is 1.44. The first-order chi connectivity index (χ1) is 9.06. The standard InChI is InChI=1S/C12H10ClFN2O2S/c13-8-2-1-3-9(14)11(8)16-12-15-7(6-19-12)4-5-10(17)18/h1-3,6H,4-5H2,(H,15,16)(H,17,18). The Morgan fingerprint density at radius 1 is 1.53 bits per heavy atom. The van der Waals surface area contributed by atoms with E-state index in [9.17, 15) is 9.18 Å². The molecule has 0 fully saturated rings. The van der Waals surface area contributed by atoms with E-state index < -0.39 is 11.8 Å². The Bertz CT molecular complexity index is 583. The Morgan fingerprint density at radius 2 is 2.32 bits per heavy atom. The lowest BCUT2D eigenvalue weighted by Gasteiger charge is -2.05. The summed E-state index contributed by atoms with van der Waals surface area (Å²) in [5, 5.41) is 13.9. The van der Waals surface area contributed by atoms with Crippen molar-refractivity contribution in [1.82, 2.24) is 4.98 Å². The molecule has 0 aliphatic rings. The third kappa shape index (κ3) is 3.65. The molecule has 1 heterocycles. The maximum Gasteiger partial charge on any atom is 0.303 e. The number of para-hydroxylation sites is 1. The number of hydrogen-bond acceptors (Lipinski definition) is 4. The van der Waals surface area contributed by atoms with Crippen LogP contribution in [0.5, 0.6) is 0 Å². The number of aryl methyl sites for hydroxylation is 1. The van der Waals surface area contributed by atoms with E-state index in [-0.39, 0.29) is 17.1 Å². The SMILES string of the molecule is O=C(O)CCc1csc(Nc2c(F)cccc2Cl)n1. The molecule has 0 saturated heterocycles. The molecule has 2 aromatic rings. The van der Waals surface area contributed by atoms with Crippen LogP contribution in [0.1, 0.15) is 12.1 Å². The molecule has 0 aliphatic heterocycles. The van der Waals surface area contributed by atoms with E-state index in [2.05, 4.69) is 10.3 Å². The maximum atomic E-state index is 13.5. The van der Waals surface area contributed by atoms with Gasteiger partial charge in [-0.25, -0.2) is 9.37 Å². The Hall–Kier alpha value is -1.66. The summed E-state index contributed by atoms with van der Waals surface area (Å²) in [5.41, 5.74) is 0.825. The highest BCUT2D eigenvalue weighted by Gasteiger charge is 2.10. The summed E-state index contributed by atoms with van der Waals surface area (Å²) in [6, 6.07) is 4.39. The van der Waals surface area contributed by atoms with Gasteiger partial charge in [-0.1, -0.05) is 17.7 Å². The number of carbonyl (C=O) groups is 1. The Balaban J connectivity index is 2.09. The van der Waals surface area contributed by atoms with Crippen LogP contribution in [0.25, 0.3) is 0 Å². The summed E-state index contributed by atoms with van der Waals surface area (Å²) in [7, 11) is 0. The van der Waals surface area contributed by atoms with Crippen molar-refractivity contribution in [3.63, 3.8) is 0 Å². The van der Waals surface area contributed by atoms with Crippen molar-refractivity contribution in [2.24, 2.45) is 0 Å². The van der Waals surface area contributed by atoms with Gasteiger partial charge >= 0.3 is 5.97 Å². The zero-order chi connectivity index (χ0) is 13.8. The maximum absolute atomic E-state index is 13.5. The van der Waals surface area contributed by atoms with E-state index in [0.717, 1.165) is 0 Å². The van der Waals surface area contributed by atoms with Gasteiger partial charge in [-0.05, 0) is 12.1 Å². The number of benzene rings is 1. The van der Waals surface area contributed by atoms with E-state index in [0.29, 0.717) is 17.2 Å². The minimum absolute atomic E-state index is 0.0175.